The summed E-state index contributed by atoms with van der Waals surface area (Å²) in [5.41, 5.74) is 8.25. The molecule has 0 radical (unpaired) electrons. The molecule has 0 saturated carbocycles. The molecular formula is C8H10BrN3O2. The molecule has 1 rings (SSSR count). The molecule has 0 fully saturated rings. The van der Waals surface area contributed by atoms with E-state index in [0.29, 0.717) is 6.54 Å². The van der Waals surface area contributed by atoms with E-state index < -0.39 is 5.91 Å². The van der Waals surface area contributed by atoms with Crippen LogP contribution in [0, 0.1) is 0 Å². The van der Waals surface area contributed by atoms with Crippen molar-refractivity contribution in [3.8, 4) is 0 Å². The largest absolute Gasteiger partial charge is 0.368 e. The summed E-state index contributed by atoms with van der Waals surface area (Å²) >= 11 is 3.24. The molecule has 0 aliphatic rings. The molecule has 0 unspecified atom stereocenters. The predicted octanol–water partition coefficient (Wildman–Crippen LogP) is 0.351. The van der Waals surface area contributed by atoms with E-state index in [1.54, 1.807) is 0 Å². The monoisotopic (exact) mass is 259 g/mol. The van der Waals surface area contributed by atoms with Crippen LogP contribution in [-0.4, -0.2) is 17.5 Å². The van der Waals surface area contributed by atoms with Crippen molar-refractivity contribution in [2.24, 2.45) is 5.73 Å². The van der Waals surface area contributed by atoms with Crippen LogP contribution in [0.15, 0.2) is 22.8 Å². The van der Waals surface area contributed by atoms with Crippen molar-refractivity contribution in [2.75, 3.05) is 6.61 Å². The number of primary amides is 1. The SMILES string of the molecule is NC(=O)CONCc1cccc(Br)n1. The van der Waals surface area contributed by atoms with E-state index in [4.69, 9.17) is 10.6 Å². The summed E-state index contributed by atoms with van der Waals surface area (Å²) in [5, 5.41) is 0. The minimum Gasteiger partial charge on any atom is -0.368 e. The normalized spacial score (nSPS) is 10.1. The van der Waals surface area contributed by atoms with Gasteiger partial charge in [-0.3, -0.25) is 9.63 Å². The van der Waals surface area contributed by atoms with Gasteiger partial charge in [0.1, 0.15) is 11.2 Å². The molecule has 1 amide bonds. The molecule has 0 atom stereocenters. The van der Waals surface area contributed by atoms with Gasteiger partial charge in [-0.25, -0.2) is 4.98 Å². The number of nitrogens with two attached hydrogens (primary N) is 1. The lowest BCUT2D eigenvalue weighted by molar-refractivity contribution is -0.125. The second kappa shape index (κ2) is 5.69. The Bertz CT molecular complexity index is 319. The zero-order chi connectivity index (χ0) is 10.4. The summed E-state index contributed by atoms with van der Waals surface area (Å²) in [6.07, 6.45) is 0. The Kier molecular flexibility index (Phi) is 4.51. The van der Waals surface area contributed by atoms with E-state index in [0.717, 1.165) is 10.3 Å². The number of aromatic nitrogens is 1. The molecule has 1 heterocycles. The van der Waals surface area contributed by atoms with Crippen LogP contribution in [0.2, 0.25) is 0 Å². The molecule has 14 heavy (non-hydrogen) atoms. The van der Waals surface area contributed by atoms with Crippen LogP contribution in [-0.2, 0) is 16.2 Å². The number of rotatable bonds is 5. The maximum atomic E-state index is 10.3. The predicted molar refractivity (Wildman–Crippen MR) is 53.9 cm³/mol. The van der Waals surface area contributed by atoms with Gasteiger partial charge in [0.25, 0.3) is 0 Å². The van der Waals surface area contributed by atoms with Gasteiger partial charge in [0.05, 0.1) is 12.2 Å². The summed E-state index contributed by atoms with van der Waals surface area (Å²) in [5.74, 6) is -0.514. The van der Waals surface area contributed by atoms with Crippen molar-refractivity contribution in [2.45, 2.75) is 6.54 Å². The zero-order valence-corrected chi connectivity index (χ0v) is 8.95. The van der Waals surface area contributed by atoms with E-state index in [1.165, 1.54) is 0 Å². The first-order chi connectivity index (χ1) is 6.68. The number of amides is 1. The van der Waals surface area contributed by atoms with E-state index in [1.807, 2.05) is 18.2 Å². The van der Waals surface area contributed by atoms with Crippen LogP contribution in [0.25, 0.3) is 0 Å². The number of carbonyl (C=O) groups excluding carboxylic acids is 1. The Hall–Kier alpha value is -0.980. The van der Waals surface area contributed by atoms with Crippen molar-refractivity contribution >= 4 is 21.8 Å². The van der Waals surface area contributed by atoms with Crippen molar-refractivity contribution in [1.82, 2.24) is 10.5 Å². The summed E-state index contributed by atoms with van der Waals surface area (Å²) in [6, 6.07) is 5.53. The molecule has 0 bridgehead atoms. The van der Waals surface area contributed by atoms with Gasteiger partial charge in [0, 0.05) is 0 Å². The van der Waals surface area contributed by atoms with E-state index in [9.17, 15) is 4.79 Å². The van der Waals surface area contributed by atoms with Crippen LogP contribution >= 0.6 is 15.9 Å². The first-order valence-corrected chi connectivity index (χ1v) is 4.72. The van der Waals surface area contributed by atoms with Gasteiger partial charge < -0.3 is 5.73 Å². The van der Waals surface area contributed by atoms with Crippen LogP contribution < -0.4 is 11.2 Å². The third-order valence-electron chi connectivity index (χ3n) is 1.34. The molecule has 1 aromatic heterocycles. The van der Waals surface area contributed by atoms with Crippen molar-refractivity contribution in [3.05, 3.63) is 28.5 Å². The lowest BCUT2D eigenvalue weighted by Gasteiger charge is -2.03. The lowest BCUT2D eigenvalue weighted by atomic mass is 10.4. The van der Waals surface area contributed by atoms with Crippen molar-refractivity contribution < 1.29 is 9.63 Å². The fourth-order valence-corrected chi connectivity index (χ4v) is 1.18. The summed E-state index contributed by atoms with van der Waals surface area (Å²) in [6.45, 7) is 0.278. The second-order valence-electron chi connectivity index (χ2n) is 2.53. The van der Waals surface area contributed by atoms with Gasteiger partial charge in [-0.05, 0) is 28.1 Å². The van der Waals surface area contributed by atoms with E-state index in [2.05, 4.69) is 26.4 Å². The summed E-state index contributed by atoms with van der Waals surface area (Å²) in [4.78, 5) is 19.2. The number of halogens is 1. The molecule has 0 saturated heterocycles. The van der Waals surface area contributed by atoms with Crippen molar-refractivity contribution in [1.29, 1.82) is 0 Å². The molecule has 0 spiro atoms. The average molecular weight is 260 g/mol. The Morgan fingerprint density at radius 1 is 1.64 bits per heavy atom. The highest BCUT2D eigenvalue weighted by Crippen LogP contribution is 2.05. The fourth-order valence-electron chi connectivity index (χ4n) is 0.796. The summed E-state index contributed by atoms with van der Waals surface area (Å²) < 4.78 is 0.756. The smallest absolute Gasteiger partial charge is 0.245 e. The van der Waals surface area contributed by atoms with E-state index >= 15 is 0 Å². The molecule has 76 valence electrons. The number of nitrogens with one attached hydrogen (secondary N) is 1. The molecule has 0 aliphatic carbocycles. The van der Waals surface area contributed by atoms with Crippen LogP contribution in [0.5, 0.6) is 0 Å². The minimum atomic E-state index is -0.514. The van der Waals surface area contributed by atoms with Gasteiger partial charge in [-0.1, -0.05) is 6.07 Å². The topological polar surface area (TPSA) is 77.2 Å². The highest BCUT2D eigenvalue weighted by atomic mass is 79.9. The maximum absolute atomic E-state index is 10.3. The second-order valence-corrected chi connectivity index (χ2v) is 3.34. The summed E-state index contributed by atoms with van der Waals surface area (Å²) in [7, 11) is 0. The van der Waals surface area contributed by atoms with Gasteiger partial charge in [0.2, 0.25) is 5.91 Å². The number of hydroxylamine groups is 1. The highest BCUT2D eigenvalue weighted by Gasteiger charge is 1.96. The van der Waals surface area contributed by atoms with Crippen LogP contribution in [0.4, 0.5) is 0 Å². The molecule has 5 nitrogen and oxygen atoms in total. The molecular weight excluding hydrogens is 250 g/mol. The number of hydrogen-bond acceptors (Lipinski definition) is 4. The van der Waals surface area contributed by atoms with Gasteiger partial charge >= 0.3 is 0 Å². The first-order valence-electron chi connectivity index (χ1n) is 3.93. The first kappa shape index (κ1) is 11.1. The van der Waals surface area contributed by atoms with Crippen LogP contribution in [0.1, 0.15) is 5.69 Å². The third kappa shape index (κ3) is 4.31. The Morgan fingerprint density at radius 3 is 3.07 bits per heavy atom. The zero-order valence-electron chi connectivity index (χ0n) is 7.37. The fraction of sp³-hybridized carbons (Fsp3) is 0.250. The van der Waals surface area contributed by atoms with Crippen LogP contribution in [0.3, 0.4) is 0 Å². The number of hydrogen-bond donors (Lipinski definition) is 2. The highest BCUT2D eigenvalue weighted by molar-refractivity contribution is 9.10. The van der Waals surface area contributed by atoms with E-state index in [-0.39, 0.29) is 6.61 Å². The molecule has 1 aromatic rings. The molecule has 0 aromatic carbocycles. The lowest BCUT2D eigenvalue weighted by Crippen LogP contribution is -2.24. The Morgan fingerprint density at radius 2 is 2.43 bits per heavy atom. The Labute approximate surface area is 89.7 Å². The Balaban J connectivity index is 2.28. The number of nitrogens with zero attached hydrogens (tertiary/aromatic N) is 1. The van der Waals surface area contributed by atoms with Crippen molar-refractivity contribution in [3.63, 3.8) is 0 Å². The molecule has 0 aliphatic heterocycles. The van der Waals surface area contributed by atoms with Gasteiger partial charge in [0.15, 0.2) is 0 Å². The average Bonchev–Trinajstić information content (AvgIpc) is 2.12. The third-order valence-corrected chi connectivity index (χ3v) is 1.78. The standard InChI is InChI=1S/C8H10BrN3O2/c9-7-3-1-2-6(12-7)4-11-14-5-8(10)13/h1-3,11H,4-5H2,(H2,10,13). The van der Waals surface area contributed by atoms with Gasteiger partial charge in [-0.15, -0.1) is 0 Å². The minimum absolute atomic E-state index is 0.145. The van der Waals surface area contributed by atoms with Gasteiger partial charge in [-0.2, -0.15) is 5.48 Å². The molecule has 6 heteroatoms. The number of carbonyl (C=O) groups is 1. The number of pyridine rings is 1. The molecule has 3 N–H and O–H groups in total. The maximum Gasteiger partial charge on any atom is 0.245 e. The quantitative estimate of drug-likeness (QED) is 0.455.